The lowest BCUT2D eigenvalue weighted by molar-refractivity contribution is 0.280. The van der Waals surface area contributed by atoms with E-state index in [2.05, 4.69) is 0 Å². The summed E-state index contributed by atoms with van der Waals surface area (Å²) < 4.78 is 4.98. The fourth-order valence-electron chi connectivity index (χ4n) is 1.44. The van der Waals surface area contributed by atoms with Crippen molar-refractivity contribution in [2.24, 2.45) is 5.73 Å². The van der Waals surface area contributed by atoms with Crippen LogP contribution >= 0.6 is 11.6 Å². The highest BCUT2D eigenvalue weighted by molar-refractivity contribution is 6.32. The van der Waals surface area contributed by atoms with E-state index in [1.165, 1.54) is 7.11 Å². The molecule has 0 unspecified atom stereocenters. The summed E-state index contributed by atoms with van der Waals surface area (Å²) in [7, 11) is 1.45. The van der Waals surface area contributed by atoms with Gasteiger partial charge in [0.2, 0.25) is 0 Å². The van der Waals surface area contributed by atoms with Gasteiger partial charge in [-0.1, -0.05) is 11.6 Å². The zero-order valence-corrected chi connectivity index (χ0v) is 9.87. The van der Waals surface area contributed by atoms with Gasteiger partial charge in [-0.3, -0.25) is 0 Å². The van der Waals surface area contributed by atoms with E-state index in [0.29, 0.717) is 18.6 Å². The Morgan fingerprint density at radius 3 is 2.75 bits per heavy atom. The quantitative estimate of drug-likeness (QED) is 0.740. The lowest BCUT2D eigenvalue weighted by Gasteiger charge is -2.14. The molecule has 4 N–H and O–H groups in total. The van der Waals surface area contributed by atoms with Crippen molar-refractivity contribution in [2.45, 2.75) is 18.9 Å². The minimum absolute atomic E-state index is 0.0812. The summed E-state index contributed by atoms with van der Waals surface area (Å²) in [6, 6.07) is 3.05. The fraction of sp³-hybridized carbons (Fsp3) is 0.455. The number of hydrogen-bond donors (Lipinski definition) is 3. The largest absolute Gasteiger partial charge is 0.503 e. The molecule has 0 aliphatic heterocycles. The van der Waals surface area contributed by atoms with Gasteiger partial charge >= 0.3 is 0 Å². The predicted molar refractivity (Wildman–Crippen MR) is 62.9 cm³/mol. The lowest BCUT2D eigenvalue weighted by Crippen LogP contribution is -2.11. The first-order chi connectivity index (χ1) is 7.60. The molecule has 0 radical (unpaired) electrons. The minimum Gasteiger partial charge on any atom is -0.503 e. The van der Waals surface area contributed by atoms with Crippen LogP contribution in [0.5, 0.6) is 11.5 Å². The first-order valence-electron chi connectivity index (χ1n) is 5.03. The summed E-state index contributed by atoms with van der Waals surface area (Å²) in [6.45, 7) is 0.108. The number of rotatable bonds is 5. The first kappa shape index (κ1) is 13.1. The molecular weight excluding hydrogens is 230 g/mol. The second-order valence-electron chi connectivity index (χ2n) is 3.53. The molecule has 1 atom stereocenters. The van der Waals surface area contributed by atoms with Crippen molar-refractivity contribution in [3.8, 4) is 11.5 Å². The second-order valence-corrected chi connectivity index (χ2v) is 3.93. The molecule has 0 heterocycles. The zero-order chi connectivity index (χ0) is 12.1. The van der Waals surface area contributed by atoms with Crippen LogP contribution in [0.3, 0.4) is 0 Å². The third-order valence-corrected chi connectivity index (χ3v) is 2.66. The topological polar surface area (TPSA) is 75.7 Å². The van der Waals surface area contributed by atoms with Crippen LogP contribution in [0.15, 0.2) is 12.1 Å². The smallest absolute Gasteiger partial charge is 0.176 e. The summed E-state index contributed by atoms with van der Waals surface area (Å²) in [5.74, 6) is 0.226. The molecule has 0 bridgehead atoms. The Bertz CT molecular complexity index is 357. The van der Waals surface area contributed by atoms with Gasteiger partial charge in [0.05, 0.1) is 12.1 Å². The maximum Gasteiger partial charge on any atom is 0.176 e. The Kier molecular flexibility index (Phi) is 4.86. The summed E-state index contributed by atoms with van der Waals surface area (Å²) >= 11 is 5.84. The first-order valence-corrected chi connectivity index (χ1v) is 5.40. The van der Waals surface area contributed by atoms with E-state index in [-0.39, 0.29) is 23.4 Å². The van der Waals surface area contributed by atoms with Gasteiger partial charge in [-0.25, -0.2) is 0 Å². The number of phenols is 1. The van der Waals surface area contributed by atoms with Crippen molar-refractivity contribution in [1.29, 1.82) is 0 Å². The number of aliphatic hydroxyl groups excluding tert-OH is 1. The van der Waals surface area contributed by atoms with E-state index >= 15 is 0 Å². The number of halogens is 1. The van der Waals surface area contributed by atoms with Gasteiger partial charge in [0.1, 0.15) is 0 Å². The molecule has 0 fully saturated rings. The van der Waals surface area contributed by atoms with E-state index in [1.807, 2.05) is 0 Å². The molecule has 0 aliphatic carbocycles. The summed E-state index contributed by atoms with van der Waals surface area (Å²) in [5, 5.41) is 18.5. The average Bonchev–Trinajstić information content (AvgIpc) is 2.29. The Morgan fingerprint density at radius 2 is 2.19 bits per heavy atom. The number of methoxy groups -OCH3 is 1. The number of ether oxygens (including phenoxy) is 1. The van der Waals surface area contributed by atoms with E-state index in [9.17, 15) is 5.11 Å². The van der Waals surface area contributed by atoms with Gasteiger partial charge in [0.25, 0.3) is 0 Å². The third kappa shape index (κ3) is 3.01. The highest BCUT2D eigenvalue weighted by Crippen LogP contribution is 2.36. The van der Waals surface area contributed by atoms with E-state index < -0.39 is 0 Å². The molecule has 1 aromatic carbocycles. The van der Waals surface area contributed by atoms with E-state index in [0.717, 1.165) is 5.56 Å². The molecule has 0 amide bonds. The van der Waals surface area contributed by atoms with Gasteiger partial charge in [0, 0.05) is 12.6 Å². The second kappa shape index (κ2) is 5.94. The molecule has 0 spiro atoms. The van der Waals surface area contributed by atoms with Crippen molar-refractivity contribution < 1.29 is 14.9 Å². The monoisotopic (exact) mass is 245 g/mol. The van der Waals surface area contributed by atoms with Crippen LogP contribution in [0.4, 0.5) is 0 Å². The number of aliphatic hydroxyl groups is 1. The Balaban J connectivity index is 2.92. The number of benzene rings is 1. The van der Waals surface area contributed by atoms with Gasteiger partial charge in [-0.05, 0) is 30.5 Å². The van der Waals surface area contributed by atoms with Gasteiger partial charge in [0.15, 0.2) is 11.5 Å². The minimum atomic E-state index is -0.223. The third-order valence-electron chi connectivity index (χ3n) is 2.37. The van der Waals surface area contributed by atoms with Crippen LogP contribution in [0.25, 0.3) is 0 Å². The maximum absolute atomic E-state index is 9.54. The van der Waals surface area contributed by atoms with Crippen LogP contribution in [-0.4, -0.2) is 23.9 Å². The number of nitrogens with two attached hydrogens (primary N) is 1. The normalized spacial score (nSPS) is 12.5. The van der Waals surface area contributed by atoms with Crippen molar-refractivity contribution in [3.63, 3.8) is 0 Å². The number of aromatic hydroxyl groups is 1. The van der Waals surface area contributed by atoms with Gasteiger partial charge in [-0.15, -0.1) is 0 Å². The maximum atomic E-state index is 9.54. The predicted octanol–water partition coefficient (Wildman–Crippen LogP) is 1.83. The van der Waals surface area contributed by atoms with Crippen molar-refractivity contribution in [2.75, 3.05) is 13.7 Å². The summed E-state index contributed by atoms with van der Waals surface area (Å²) in [5.41, 5.74) is 6.70. The molecule has 0 saturated heterocycles. The highest BCUT2D eigenvalue weighted by atomic mass is 35.5. The van der Waals surface area contributed by atoms with Crippen LogP contribution in [-0.2, 0) is 0 Å². The van der Waals surface area contributed by atoms with Crippen molar-refractivity contribution in [1.82, 2.24) is 0 Å². The van der Waals surface area contributed by atoms with Crippen LogP contribution in [0, 0.1) is 0 Å². The summed E-state index contributed by atoms with van der Waals surface area (Å²) in [6.07, 6.45) is 1.28. The fourth-order valence-corrected chi connectivity index (χ4v) is 1.66. The lowest BCUT2D eigenvalue weighted by atomic mass is 10.0. The molecule has 0 aliphatic rings. The SMILES string of the molecule is COc1cc([C@@H](N)CCCO)cc(Cl)c1O. The highest BCUT2D eigenvalue weighted by Gasteiger charge is 2.13. The number of phenolic OH excluding ortho intramolecular Hbond substituents is 1. The Labute approximate surface area is 99.6 Å². The van der Waals surface area contributed by atoms with Gasteiger partial charge < -0.3 is 20.7 Å². The molecule has 1 aromatic rings. The van der Waals surface area contributed by atoms with Crippen LogP contribution in [0.2, 0.25) is 5.02 Å². The average molecular weight is 246 g/mol. The molecule has 90 valence electrons. The Morgan fingerprint density at radius 1 is 1.50 bits per heavy atom. The van der Waals surface area contributed by atoms with Crippen molar-refractivity contribution in [3.05, 3.63) is 22.7 Å². The van der Waals surface area contributed by atoms with Gasteiger partial charge in [-0.2, -0.15) is 0 Å². The molecule has 0 aromatic heterocycles. The molecule has 16 heavy (non-hydrogen) atoms. The molecular formula is C11H16ClNO3. The van der Waals surface area contributed by atoms with Crippen LogP contribution in [0.1, 0.15) is 24.4 Å². The summed E-state index contributed by atoms with van der Waals surface area (Å²) in [4.78, 5) is 0. The van der Waals surface area contributed by atoms with E-state index in [1.54, 1.807) is 12.1 Å². The molecule has 1 rings (SSSR count). The molecule has 5 heteroatoms. The van der Waals surface area contributed by atoms with Crippen LogP contribution < -0.4 is 10.5 Å². The van der Waals surface area contributed by atoms with E-state index in [4.69, 9.17) is 27.2 Å². The molecule has 4 nitrogen and oxygen atoms in total. The molecule has 0 saturated carbocycles. The standard InChI is InChI=1S/C11H16ClNO3/c1-16-10-6-7(5-8(12)11(10)15)9(13)3-2-4-14/h5-6,9,14-15H,2-4,13H2,1H3/t9-/m0/s1. The number of hydrogen-bond acceptors (Lipinski definition) is 4. The zero-order valence-electron chi connectivity index (χ0n) is 9.11. The van der Waals surface area contributed by atoms with Crippen molar-refractivity contribution >= 4 is 11.6 Å². The Hall–Kier alpha value is -0.970.